The van der Waals surface area contributed by atoms with E-state index in [1.165, 1.54) is 6.07 Å². The van der Waals surface area contributed by atoms with Crippen LogP contribution in [-0.2, 0) is 4.74 Å². The molecule has 4 heteroatoms. The van der Waals surface area contributed by atoms with Crippen LogP contribution >= 0.6 is 0 Å². The van der Waals surface area contributed by atoms with Gasteiger partial charge in [0, 0.05) is 11.6 Å². The summed E-state index contributed by atoms with van der Waals surface area (Å²) < 4.78 is 17.2. The van der Waals surface area contributed by atoms with Gasteiger partial charge in [-0.25, -0.2) is 0 Å². The molecule has 0 bridgehead atoms. The Labute approximate surface area is 117 Å². The first-order chi connectivity index (χ1) is 9.69. The van der Waals surface area contributed by atoms with E-state index < -0.39 is 6.29 Å². The van der Waals surface area contributed by atoms with Crippen LogP contribution < -0.4 is 10.2 Å². The van der Waals surface area contributed by atoms with Gasteiger partial charge in [-0.1, -0.05) is 37.3 Å². The molecule has 0 aliphatic carbocycles. The first-order valence-corrected chi connectivity index (χ1v) is 6.70. The minimum absolute atomic E-state index is 0.161. The second-order valence-corrected chi connectivity index (χ2v) is 4.81. The van der Waals surface area contributed by atoms with Crippen LogP contribution in [0.25, 0.3) is 0 Å². The zero-order valence-electron chi connectivity index (χ0n) is 11.5. The molecule has 20 heavy (non-hydrogen) atoms. The second kappa shape index (κ2) is 5.13. The first-order valence-electron chi connectivity index (χ1n) is 6.70. The summed E-state index contributed by atoms with van der Waals surface area (Å²) in [5.41, 5.74) is 0.725. The van der Waals surface area contributed by atoms with Gasteiger partial charge < -0.3 is 13.9 Å². The molecular weight excluding hydrogens is 256 g/mol. The van der Waals surface area contributed by atoms with Crippen molar-refractivity contribution in [2.24, 2.45) is 0 Å². The van der Waals surface area contributed by atoms with E-state index in [1.54, 1.807) is 6.92 Å². The molecule has 104 valence electrons. The Morgan fingerprint density at radius 3 is 2.65 bits per heavy atom. The van der Waals surface area contributed by atoms with Gasteiger partial charge in [-0.15, -0.1) is 0 Å². The van der Waals surface area contributed by atoms with Crippen molar-refractivity contribution >= 4 is 0 Å². The molecule has 0 saturated heterocycles. The molecule has 1 aromatic carbocycles. The molecule has 1 aliphatic rings. The summed E-state index contributed by atoms with van der Waals surface area (Å²) >= 11 is 0. The summed E-state index contributed by atoms with van der Waals surface area (Å²) in [6, 6.07) is 11.0. The first kappa shape index (κ1) is 12.9. The predicted octanol–water partition coefficient (Wildman–Crippen LogP) is 3.51. The fraction of sp³-hybridized carbons (Fsp3) is 0.312. The summed E-state index contributed by atoms with van der Waals surface area (Å²) in [6.45, 7) is 3.74. The molecule has 0 radical (unpaired) electrons. The monoisotopic (exact) mass is 272 g/mol. The average molecular weight is 272 g/mol. The Morgan fingerprint density at radius 1 is 1.20 bits per heavy atom. The summed E-state index contributed by atoms with van der Waals surface area (Å²) in [5, 5.41) is 0. The van der Waals surface area contributed by atoms with Crippen molar-refractivity contribution in [2.45, 2.75) is 32.7 Å². The van der Waals surface area contributed by atoms with Crippen molar-refractivity contribution in [3.05, 3.63) is 63.7 Å². The number of ether oxygens (including phenoxy) is 2. The molecule has 3 rings (SSSR count). The zero-order valence-corrected chi connectivity index (χ0v) is 11.5. The Bertz CT molecular complexity index is 660. The van der Waals surface area contributed by atoms with E-state index in [4.69, 9.17) is 13.9 Å². The highest BCUT2D eigenvalue weighted by Gasteiger charge is 2.33. The van der Waals surface area contributed by atoms with Crippen molar-refractivity contribution in [1.29, 1.82) is 0 Å². The lowest BCUT2D eigenvalue weighted by atomic mass is 10.1. The van der Waals surface area contributed by atoms with E-state index >= 15 is 0 Å². The largest absolute Gasteiger partial charge is 0.459 e. The molecule has 0 amide bonds. The van der Waals surface area contributed by atoms with Gasteiger partial charge in [-0.2, -0.15) is 0 Å². The maximum atomic E-state index is 12.1. The van der Waals surface area contributed by atoms with Crippen LogP contribution in [-0.4, -0.2) is 0 Å². The number of aryl methyl sites for hydroxylation is 1. The van der Waals surface area contributed by atoms with Crippen molar-refractivity contribution < 1.29 is 13.9 Å². The Hall–Kier alpha value is -2.07. The number of hydrogen-bond acceptors (Lipinski definition) is 4. The third-order valence-electron chi connectivity index (χ3n) is 3.30. The van der Waals surface area contributed by atoms with Crippen LogP contribution in [0.4, 0.5) is 0 Å². The highest BCUT2D eigenvalue weighted by Crippen LogP contribution is 2.39. The maximum absolute atomic E-state index is 12.1. The van der Waals surface area contributed by atoms with Crippen LogP contribution in [0.2, 0.25) is 0 Å². The van der Waals surface area contributed by atoms with E-state index in [9.17, 15) is 4.79 Å². The SMILES string of the molecule is CC[C@H]1O[C@@H](c2ccccc2)Oc2c1oc(C)cc2=O. The molecule has 0 saturated carbocycles. The molecule has 0 N–H and O–H groups in total. The zero-order chi connectivity index (χ0) is 14.1. The third kappa shape index (κ3) is 2.23. The average Bonchev–Trinajstić information content (AvgIpc) is 2.47. The molecule has 0 spiro atoms. The summed E-state index contributed by atoms with van der Waals surface area (Å²) in [5.74, 6) is 1.32. The topological polar surface area (TPSA) is 48.7 Å². The van der Waals surface area contributed by atoms with Crippen LogP contribution in [0.5, 0.6) is 5.75 Å². The minimum Gasteiger partial charge on any atom is -0.459 e. The fourth-order valence-corrected chi connectivity index (χ4v) is 2.33. The highest BCUT2D eigenvalue weighted by molar-refractivity contribution is 5.31. The molecule has 0 unspecified atom stereocenters. The van der Waals surface area contributed by atoms with E-state index in [-0.39, 0.29) is 17.3 Å². The smallest absolute Gasteiger partial charge is 0.227 e. The molecule has 2 atom stereocenters. The molecule has 4 nitrogen and oxygen atoms in total. The van der Waals surface area contributed by atoms with Gasteiger partial charge in [0.2, 0.25) is 17.5 Å². The predicted molar refractivity (Wildman–Crippen MR) is 73.6 cm³/mol. The lowest BCUT2D eigenvalue weighted by Crippen LogP contribution is -2.26. The van der Waals surface area contributed by atoms with Crippen molar-refractivity contribution in [3.8, 4) is 5.75 Å². The molecule has 1 aliphatic heterocycles. The second-order valence-electron chi connectivity index (χ2n) is 4.81. The number of hydrogen-bond donors (Lipinski definition) is 0. The lowest BCUT2D eigenvalue weighted by molar-refractivity contribution is -0.155. The third-order valence-corrected chi connectivity index (χ3v) is 3.30. The van der Waals surface area contributed by atoms with E-state index in [2.05, 4.69) is 0 Å². The Kier molecular flexibility index (Phi) is 3.32. The molecule has 2 heterocycles. The van der Waals surface area contributed by atoms with E-state index in [0.29, 0.717) is 17.9 Å². The van der Waals surface area contributed by atoms with Gasteiger partial charge >= 0.3 is 0 Å². The van der Waals surface area contributed by atoms with Gasteiger partial charge in [-0.05, 0) is 13.3 Å². The highest BCUT2D eigenvalue weighted by atomic mass is 16.7. The number of benzene rings is 1. The van der Waals surface area contributed by atoms with Crippen LogP contribution in [0.15, 0.2) is 45.6 Å². The fourth-order valence-electron chi connectivity index (χ4n) is 2.33. The molecule has 1 aromatic heterocycles. The van der Waals surface area contributed by atoms with Crippen molar-refractivity contribution in [3.63, 3.8) is 0 Å². The lowest BCUT2D eigenvalue weighted by Gasteiger charge is -2.30. The maximum Gasteiger partial charge on any atom is 0.227 e. The molecule has 2 aromatic rings. The van der Waals surface area contributed by atoms with Crippen LogP contribution in [0, 0.1) is 6.92 Å². The normalized spacial score (nSPS) is 21.1. The van der Waals surface area contributed by atoms with Crippen LogP contribution in [0.3, 0.4) is 0 Å². The number of fused-ring (bicyclic) bond motifs is 1. The molecular formula is C16H16O4. The number of rotatable bonds is 2. The van der Waals surface area contributed by atoms with Crippen molar-refractivity contribution in [1.82, 2.24) is 0 Å². The summed E-state index contributed by atoms with van der Waals surface area (Å²) in [4.78, 5) is 12.1. The van der Waals surface area contributed by atoms with Gasteiger partial charge in [0.05, 0.1) is 0 Å². The minimum atomic E-state index is -0.570. The Balaban J connectivity index is 2.04. The quantitative estimate of drug-likeness (QED) is 0.839. The van der Waals surface area contributed by atoms with Gasteiger partial charge in [0.25, 0.3) is 0 Å². The molecule has 0 fully saturated rings. The summed E-state index contributed by atoms with van der Waals surface area (Å²) in [7, 11) is 0. The van der Waals surface area contributed by atoms with Crippen LogP contribution in [0.1, 0.15) is 42.8 Å². The summed E-state index contributed by atoms with van der Waals surface area (Å²) in [6.07, 6.45) is -0.123. The van der Waals surface area contributed by atoms with Crippen molar-refractivity contribution in [2.75, 3.05) is 0 Å². The van der Waals surface area contributed by atoms with Gasteiger partial charge in [0.1, 0.15) is 11.9 Å². The van der Waals surface area contributed by atoms with E-state index in [0.717, 1.165) is 5.56 Å². The Morgan fingerprint density at radius 2 is 1.95 bits per heavy atom. The van der Waals surface area contributed by atoms with Gasteiger partial charge in [0.15, 0.2) is 5.76 Å². The van der Waals surface area contributed by atoms with Gasteiger partial charge in [-0.3, -0.25) is 4.79 Å². The standard InChI is InChI=1S/C16H16O4/c1-3-13-15-14(12(17)9-10(2)18-15)20-16(19-13)11-7-5-4-6-8-11/h4-9,13,16H,3H2,1-2H3/t13-,16-/m1/s1. The van der Waals surface area contributed by atoms with E-state index in [1.807, 2.05) is 37.3 Å².